The molecule has 0 bridgehead atoms. The van der Waals surface area contributed by atoms with Crippen molar-refractivity contribution in [2.75, 3.05) is 6.54 Å². The van der Waals surface area contributed by atoms with Gasteiger partial charge in [0.2, 0.25) is 11.8 Å². The lowest BCUT2D eigenvalue weighted by atomic mass is 9.87. The van der Waals surface area contributed by atoms with Gasteiger partial charge in [0.1, 0.15) is 17.8 Å². The molecule has 1 aromatic heterocycles. The van der Waals surface area contributed by atoms with Crippen molar-refractivity contribution < 1.29 is 23.1 Å². The Hall–Kier alpha value is -4.46. The first-order chi connectivity index (χ1) is 18.9. The van der Waals surface area contributed by atoms with E-state index in [1.54, 1.807) is 12.1 Å². The summed E-state index contributed by atoms with van der Waals surface area (Å²) in [7, 11) is 0. The van der Waals surface area contributed by atoms with Crippen LogP contribution >= 0.6 is 0 Å². The number of nitrogens with zero attached hydrogens (tertiary/aromatic N) is 2. The summed E-state index contributed by atoms with van der Waals surface area (Å²) in [5.41, 5.74) is 5.18. The fourth-order valence-electron chi connectivity index (χ4n) is 4.90. The van der Waals surface area contributed by atoms with E-state index in [0.29, 0.717) is 24.3 Å². The molecule has 39 heavy (non-hydrogen) atoms. The second kappa shape index (κ2) is 11.5. The molecule has 1 unspecified atom stereocenters. The molecule has 0 spiro atoms. The van der Waals surface area contributed by atoms with Gasteiger partial charge in [0.25, 0.3) is 5.91 Å². The quantitative estimate of drug-likeness (QED) is 0.326. The number of carbonyl (C=O) groups is 2. The lowest BCUT2D eigenvalue weighted by Crippen LogP contribution is -2.40. The molecule has 3 aromatic carbocycles. The standard InChI is InChI=1S/C31H30FN3O4/c1-3-29(36)35-13-12-22-10-11-25(16-26(22)30(35)23-8-4-6-20(2)14-23)38-19-28-34-27(18-39-28)31(37)33-17-21-7-5-9-24(32)15-21/h4-11,14-16,18,30H,3,12-13,17,19H2,1-2H3,(H,33,37). The highest BCUT2D eigenvalue weighted by Crippen LogP contribution is 2.38. The Kier molecular flexibility index (Phi) is 7.72. The minimum atomic E-state index is -0.426. The molecule has 0 fully saturated rings. The minimum Gasteiger partial charge on any atom is -0.484 e. The monoisotopic (exact) mass is 527 g/mol. The van der Waals surface area contributed by atoms with Crippen LogP contribution in [0.25, 0.3) is 0 Å². The topological polar surface area (TPSA) is 84.7 Å². The van der Waals surface area contributed by atoms with Gasteiger partial charge in [-0.1, -0.05) is 55.0 Å². The van der Waals surface area contributed by atoms with Crippen LogP contribution in [0.3, 0.4) is 0 Å². The molecular formula is C31H30FN3O4. The van der Waals surface area contributed by atoms with Gasteiger partial charge in [-0.05, 0) is 59.9 Å². The highest BCUT2D eigenvalue weighted by molar-refractivity contribution is 5.91. The molecule has 5 rings (SSSR count). The van der Waals surface area contributed by atoms with Gasteiger partial charge in [-0.15, -0.1) is 0 Å². The normalized spacial score (nSPS) is 14.5. The number of hydrogen-bond acceptors (Lipinski definition) is 5. The van der Waals surface area contributed by atoms with Crippen molar-refractivity contribution in [3.8, 4) is 5.75 Å². The van der Waals surface area contributed by atoms with Crippen molar-refractivity contribution in [2.45, 2.75) is 45.9 Å². The summed E-state index contributed by atoms with van der Waals surface area (Å²) in [5.74, 6) is 0.194. The van der Waals surface area contributed by atoms with Gasteiger partial charge in [0.05, 0.1) is 6.04 Å². The first-order valence-corrected chi connectivity index (χ1v) is 13.0. The zero-order valence-corrected chi connectivity index (χ0v) is 21.9. The van der Waals surface area contributed by atoms with E-state index in [2.05, 4.69) is 22.4 Å². The first-order valence-electron chi connectivity index (χ1n) is 13.0. The van der Waals surface area contributed by atoms with Gasteiger partial charge in [0.15, 0.2) is 12.3 Å². The van der Waals surface area contributed by atoms with E-state index >= 15 is 0 Å². The summed E-state index contributed by atoms with van der Waals surface area (Å²) < 4.78 is 24.8. The van der Waals surface area contributed by atoms with Crippen molar-refractivity contribution in [3.63, 3.8) is 0 Å². The maximum Gasteiger partial charge on any atom is 0.273 e. The van der Waals surface area contributed by atoms with Crippen LogP contribution in [-0.2, 0) is 24.4 Å². The van der Waals surface area contributed by atoms with E-state index < -0.39 is 5.91 Å². The molecule has 2 amide bonds. The van der Waals surface area contributed by atoms with Crippen molar-refractivity contribution in [3.05, 3.63) is 118 Å². The van der Waals surface area contributed by atoms with Crippen LogP contribution in [0.1, 0.15) is 63.6 Å². The van der Waals surface area contributed by atoms with E-state index in [9.17, 15) is 14.0 Å². The molecule has 0 aliphatic carbocycles. The number of amides is 2. The molecular weight excluding hydrogens is 497 g/mol. The Labute approximate surface area is 226 Å². The second-order valence-electron chi connectivity index (χ2n) is 9.60. The van der Waals surface area contributed by atoms with Crippen LogP contribution in [-0.4, -0.2) is 28.2 Å². The molecule has 1 atom stereocenters. The van der Waals surface area contributed by atoms with Crippen LogP contribution in [0.2, 0.25) is 0 Å². The average Bonchev–Trinajstić information content (AvgIpc) is 3.43. The molecule has 2 heterocycles. The summed E-state index contributed by atoms with van der Waals surface area (Å²) in [6, 6.07) is 20.0. The summed E-state index contributed by atoms with van der Waals surface area (Å²) in [6.45, 7) is 4.80. The van der Waals surface area contributed by atoms with Crippen LogP contribution < -0.4 is 10.1 Å². The number of nitrogens with one attached hydrogen (secondary N) is 1. The zero-order chi connectivity index (χ0) is 27.4. The van der Waals surface area contributed by atoms with Crippen molar-refractivity contribution in [1.82, 2.24) is 15.2 Å². The van der Waals surface area contributed by atoms with E-state index in [4.69, 9.17) is 9.15 Å². The summed E-state index contributed by atoms with van der Waals surface area (Å²) in [6.07, 6.45) is 2.49. The molecule has 7 nitrogen and oxygen atoms in total. The third-order valence-electron chi connectivity index (χ3n) is 6.82. The number of rotatable bonds is 8. The molecule has 4 aromatic rings. The van der Waals surface area contributed by atoms with E-state index in [1.165, 1.54) is 24.0 Å². The highest BCUT2D eigenvalue weighted by Gasteiger charge is 2.31. The SMILES string of the molecule is CCC(=O)N1CCc2ccc(OCc3nc(C(=O)NCc4cccc(F)c4)co3)cc2C1c1cccc(C)c1. The van der Waals surface area contributed by atoms with E-state index in [-0.39, 0.29) is 42.5 Å². The van der Waals surface area contributed by atoms with Crippen molar-refractivity contribution in [2.24, 2.45) is 0 Å². The number of carbonyl (C=O) groups excluding carboxylic acids is 2. The third kappa shape index (κ3) is 6.00. The first kappa shape index (κ1) is 26.2. The largest absolute Gasteiger partial charge is 0.484 e. The summed E-state index contributed by atoms with van der Waals surface area (Å²) in [5, 5.41) is 2.70. The predicted octanol–water partition coefficient (Wildman–Crippen LogP) is 5.52. The van der Waals surface area contributed by atoms with Crippen LogP contribution in [0.15, 0.2) is 77.4 Å². The van der Waals surface area contributed by atoms with Crippen molar-refractivity contribution >= 4 is 11.8 Å². The Bertz CT molecular complexity index is 1500. The zero-order valence-electron chi connectivity index (χ0n) is 21.9. The fourth-order valence-corrected chi connectivity index (χ4v) is 4.90. The molecule has 1 aliphatic heterocycles. The van der Waals surface area contributed by atoms with Gasteiger partial charge in [-0.3, -0.25) is 9.59 Å². The molecule has 0 radical (unpaired) electrons. The lowest BCUT2D eigenvalue weighted by molar-refractivity contribution is -0.132. The summed E-state index contributed by atoms with van der Waals surface area (Å²) in [4.78, 5) is 31.5. The molecule has 1 aliphatic rings. The Balaban J connectivity index is 1.29. The smallest absolute Gasteiger partial charge is 0.273 e. The van der Waals surface area contributed by atoms with E-state index in [1.807, 2.05) is 49.1 Å². The van der Waals surface area contributed by atoms with Crippen molar-refractivity contribution in [1.29, 1.82) is 0 Å². The lowest BCUT2D eigenvalue weighted by Gasteiger charge is -2.38. The molecule has 200 valence electrons. The maximum atomic E-state index is 13.4. The number of fused-ring (bicyclic) bond motifs is 1. The number of halogens is 1. The van der Waals surface area contributed by atoms with Gasteiger partial charge >= 0.3 is 0 Å². The fraction of sp³-hybridized carbons (Fsp3) is 0.258. The van der Waals surface area contributed by atoms with Crippen LogP contribution in [0, 0.1) is 12.7 Å². The van der Waals surface area contributed by atoms with Gasteiger partial charge in [-0.25, -0.2) is 9.37 Å². The van der Waals surface area contributed by atoms with Gasteiger partial charge < -0.3 is 19.4 Å². The second-order valence-corrected chi connectivity index (χ2v) is 9.60. The van der Waals surface area contributed by atoms with E-state index in [0.717, 1.165) is 23.1 Å². The average molecular weight is 528 g/mol. The molecule has 1 N–H and O–H groups in total. The third-order valence-corrected chi connectivity index (χ3v) is 6.82. The molecule has 0 saturated heterocycles. The number of hydrogen-bond donors (Lipinski definition) is 1. The Morgan fingerprint density at radius 2 is 1.97 bits per heavy atom. The number of aromatic nitrogens is 1. The molecule has 8 heteroatoms. The maximum absolute atomic E-state index is 13.4. The number of ether oxygens (including phenoxy) is 1. The van der Waals surface area contributed by atoms with Gasteiger partial charge in [0, 0.05) is 19.5 Å². The predicted molar refractivity (Wildman–Crippen MR) is 144 cm³/mol. The van der Waals surface area contributed by atoms with Gasteiger partial charge in [-0.2, -0.15) is 0 Å². The number of oxazole rings is 1. The number of benzene rings is 3. The molecule has 0 saturated carbocycles. The highest BCUT2D eigenvalue weighted by atomic mass is 19.1. The van der Waals surface area contributed by atoms with Crippen LogP contribution in [0.5, 0.6) is 5.75 Å². The van der Waals surface area contributed by atoms with Crippen LogP contribution in [0.4, 0.5) is 4.39 Å². The number of aryl methyl sites for hydroxylation is 1. The Morgan fingerprint density at radius 3 is 2.77 bits per heavy atom. The summed E-state index contributed by atoms with van der Waals surface area (Å²) >= 11 is 0. The Morgan fingerprint density at radius 1 is 1.13 bits per heavy atom. The minimum absolute atomic E-state index is 0.0304.